The number of nitrogens with zero attached hydrogens (tertiary/aromatic N) is 3. The molecule has 2 heterocycles. The molecule has 42 heavy (non-hydrogen) atoms. The van der Waals surface area contributed by atoms with Crippen molar-refractivity contribution in [2.24, 2.45) is 5.73 Å². The first-order chi connectivity index (χ1) is 20.3. The molecule has 1 aliphatic heterocycles. The monoisotopic (exact) mass is 562 g/mol. The minimum absolute atomic E-state index is 0.00779. The van der Waals surface area contributed by atoms with Crippen LogP contribution in [0.3, 0.4) is 0 Å². The summed E-state index contributed by atoms with van der Waals surface area (Å²) < 4.78 is 16.2. The quantitative estimate of drug-likeness (QED) is 0.273. The van der Waals surface area contributed by atoms with E-state index in [0.29, 0.717) is 34.2 Å². The van der Waals surface area contributed by atoms with Crippen LogP contribution in [-0.2, 0) is 19.1 Å². The van der Waals surface area contributed by atoms with Gasteiger partial charge in [-0.05, 0) is 59.9 Å². The highest BCUT2D eigenvalue weighted by Crippen LogP contribution is 2.43. The van der Waals surface area contributed by atoms with Crippen molar-refractivity contribution in [2.45, 2.75) is 32.1 Å². The van der Waals surface area contributed by atoms with Gasteiger partial charge in [0.05, 0.1) is 37.4 Å². The van der Waals surface area contributed by atoms with Crippen molar-refractivity contribution in [3.63, 3.8) is 0 Å². The number of allylic oxidation sites excluding steroid dienone is 1. The van der Waals surface area contributed by atoms with Gasteiger partial charge < -0.3 is 19.6 Å². The predicted octanol–water partition coefficient (Wildman–Crippen LogP) is 5.91. The molecule has 2 atom stereocenters. The third-order valence-corrected chi connectivity index (χ3v) is 7.58. The molecule has 4 aromatic rings. The number of ether oxygens (including phenoxy) is 2. The Kier molecular flexibility index (Phi) is 7.80. The van der Waals surface area contributed by atoms with Crippen LogP contribution in [0, 0.1) is 11.3 Å². The molecule has 2 unspecified atom stereocenters. The van der Waals surface area contributed by atoms with Crippen molar-refractivity contribution < 1.29 is 23.5 Å². The minimum Gasteiger partial charge on any atom is -0.466 e. The summed E-state index contributed by atoms with van der Waals surface area (Å²) in [5.74, 6) is -1.70. The maximum Gasteiger partial charge on any atom is 0.355 e. The molecule has 0 amide bonds. The second-order valence-corrected chi connectivity index (χ2v) is 9.94. The van der Waals surface area contributed by atoms with Gasteiger partial charge in [0.1, 0.15) is 17.0 Å². The van der Waals surface area contributed by atoms with E-state index in [9.17, 15) is 14.9 Å². The van der Waals surface area contributed by atoms with Crippen LogP contribution >= 0.6 is 0 Å². The average molecular weight is 563 g/mol. The highest BCUT2D eigenvalue weighted by molar-refractivity contribution is 6.06. The first-order valence-corrected chi connectivity index (χ1v) is 13.5. The summed E-state index contributed by atoms with van der Waals surface area (Å²) in [7, 11) is 2.42. The van der Waals surface area contributed by atoms with Crippen molar-refractivity contribution in [1.82, 2.24) is 4.98 Å². The summed E-state index contributed by atoms with van der Waals surface area (Å²) in [6.07, 6.45) is 1.02. The number of rotatable bonds is 7. The van der Waals surface area contributed by atoms with E-state index in [4.69, 9.17) is 19.6 Å². The number of benzene rings is 3. The van der Waals surface area contributed by atoms with Crippen LogP contribution in [0.5, 0.6) is 0 Å². The molecule has 0 radical (unpaired) electrons. The molecular formula is C33H30N4O5. The summed E-state index contributed by atoms with van der Waals surface area (Å²) in [5, 5.41) is 10.2. The minimum atomic E-state index is -0.937. The zero-order valence-electron chi connectivity index (χ0n) is 23.8. The number of anilines is 1. The standard InChI is InChI=1S/C33H30N4O5/c1-5-19(2)22-13-16-26-25(17-22)36-31(42-26)21-11-14-23(15-12-21)37-29(33(39)41-4)28(32(38)40-3)27(24(18-34)30(37)35)20-9-7-6-8-10-20/h6-17,19,27H,5,35H2,1-4H3. The Balaban J connectivity index is 1.62. The third-order valence-electron chi connectivity index (χ3n) is 7.58. The van der Waals surface area contributed by atoms with Crippen LogP contribution in [0.15, 0.2) is 99.9 Å². The van der Waals surface area contributed by atoms with Gasteiger partial charge in [-0.3, -0.25) is 4.90 Å². The van der Waals surface area contributed by atoms with Crippen molar-refractivity contribution in [2.75, 3.05) is 19.1 Å². The van der Waals surface area contributed by atoms with Crippen LogP contribution in [0.2, 0.25) is 0 Å². The topological polar surface area (TPSA) is 132 Å². The Morgan fingerprint density at radius 2 is 1.74 bits per heavy atom. The van der Waals surface area contributed by atoms with Gasteiger partial charge in [-0.1, -0.05) is 50.2 Å². The van der Waals surface area contributed by atoms with Crippen molar-refractivity contribution in [3.8, 4) is 17.5 Å². The molecule has 1 aromatic heterocycles. The molecule has 0 bridgehead atoms. The fourth-order valence-electron chi connectivity index (χ4n) is 5.14. The maximum atomic E-state index is 13.3. The Morgan fingerprint density at radius 1 is 1.05 bits per heavy atom. The predicted molar refractivity (Wildman–Crippen MR) is 158 cm³/mol. The number of esters is 2. The number of aromatic nitrogens is 1. The first kappa shape index (κ1) is 28.2. The second kappa shape index (κ2) is 11.6. The molecule has 1 aliphatic rings. The van der Waals surface area contributed by atoms with E-state index in [2.05, 4.69) is 31.0 Å². The number of oxazole rings is 1. The van der Waals surface area contributed by atoms with Crippen molar-refractivity contribution >= 4 is 28.7 Å². The van der Waals surface area contributed by atoms with Gasteiger partial charge >= 0.3 is 11.9 Å². The molecule has 5 rings (SSSR count). The number of methoxy groups -OCH3 is 2. The Bertz CT molecular complexity index is 1760. The number of hydrogen-bond donors (Lipinski definition) is 1. The van der Waals surface area contributed by atoms with Gasteiger partial charge in [0.15, 0.2) is 5.58 Å². The Labute approximate surface area is 243 Å². The molecule has 0 spiro atoms. The lowest BCUT2D eigenvalue weighted by atomic mass is 9.81. The molecule has 0 saturated heterocycles. The molecule has 0 fully saturated rings. The second-order valence-electron chi connectivity index (χ2n) is 9.94. The number of nitriles is 1. The smallest absolute Gasteiger partial charge is 0.355 e. The lowest BCUT2D eigenvalue weighted by Gasteiger charge is -2.35. The first-order valence-electron chi connectivity index (χ1n) is 13.5. The van der Waals surface area contributed by atoms with Gasteiger partial charge in [-0.2, -0.15) is 5.26 Å². The van der Waals surface area contributed by atoms with Crippen LogP contribution in [0.1, 0.15) is 43.2 Å². The third kappa shape index (κ3) is 4.88. The van der Waals surface area contributed by atoms with E-state index in [1.165, 1.54) is 24.7 Å². The Hall–Kier alpha value is -5.36. The van der Waals surface area contributed by atoms with E-state index in [1.54, 1.807) is 48.5 Å². The van der Waals surface area contributed by atoms with Gasteiger partial charge in [-0.15, -0.1) is 0 Å². The lowest BCUT2D eigenvalue weighted by molar-refractivity contribution is -0.139. The van der Waals surface area contributed by atoms with Gasteiger partial charge in [0, 0.05) is 11.3 Å². The molecule has 212 valence electrons. The number of carbonyl (C=O) groups is 2. The summed E-state index contributed by atoms with van der Waals surface area (Å²) in [6, 6.07) is 24.0. The lowest BCUT2D eigenvalue weighted by Crippen LogP contribution is -2.40. The SMILES string of the molecule is CCC(C)c1ccc2oc(-c3ccc(N4C(N)=C(C#N)C(c5ccccc5)C(C(=O)OC)=C4C(=O)OC)cc3)nc2c1. The normalized spacial score (nSPS) is 15.9. The largest absolute Gasteiger partial charge is 0.466 e. The summed E-state index contributed by atoms with van der Waals surface area (Å²) in [6.45, 7) is 4.31. The van der Waals surface area contributed by atoms with E-state index < -0.39 is 17.9 Å². The van der Waals surface area contributed by atoms with Crippen LogP contribution < -0.4 is 10.6 Å². The van der Waals surface area contributed by atoms with Gasteiger partial charge in [0.25, 0.3) is 0 Å². The van der Waals surface area contributed by atoms with E-state index >= 15 is 0 Å². The molecule has 2 N–H and O–H groups in total. The van der Waals surface area contributed by atoms with Gasteiger partial charge in [0.2, 0.25) is 5.89 Å². The number of nitrogens with two attached hydrogens (primary N) is 1. The van der Waals surface area contributed by atoms with Crippen LogP contribution in [0.4, 0.5) is 5.69 Å². The Morgan fingerprint density at radius 3 is 2.36 bits per heavy atom. The van der Waals surface area contributed by atoms with Gasteiger partial charge in [-0.25, -0.2) is 14.6 Å². The highest BCUT2D eigenvalue weighted by atomic mass is 16.5. The molecule has 0 aliphatic carbocycles. The van der Waals surface area contributed by atoms with Crippen LogP contribution in [-0.4, -0.2) is 31.1 Å². The number of fused-ring (bicyclic) bond motifs is 1. The fraction of sp³-hybridized carbons (Fsp3) is 0.212. The molecule has 3 aromatic carbocycles. The van der Waals surface area contributed by atoms with E-state index in [0.717, 1.165) is 11.9 Å². The molecule has 9 nitrogen and oxygen atoms in total. The highest BCUT2D eigenvalue weighted by Gasteiger charge is 2.43. The van der Waals surface area contributed by atoms with E-state index in [1.807, 2.05) is 18.2 Å². The number of hydrogen-bond acceptors (Lipinski definition) is 9. The summed E-state index contributed by atoms with van der Waals surface area (Å²) in [4.78, 5) is 32.5. The molecular weight excluding hydrogens is 532 g/mol. The van der Waals surface area contributed by atoms with Crippen LogP contribution in [0.25, 0.3) is 22.6 Å². The fourth-order valence-corrected chi connectivity index (χ4v) is 5.14. The summed E-state index contributed by atoms with van der Waals surface area (Å²) in [5.41, 5.74) is 10.8. The van der Waals surface area contributed by atoms with Crippen molar-refractivity contribution in [3.05, 3.63) is 107 Å². The zero-order chi connectivity index (χ0) is 30.0. The molecule has 0 saturated carbocycles. The van der Waals surface area contributed by atoms with Crippen molar-refractivity contribution in [1.29, 1.82) is 5.26 Å². The summed E-state index contributed by atoms with van der Waals surface area (Å²) >= 11 is 0. The molecule has 9 heteroatoms. The zero-order valence-corrected chi connectivity index (χ0v) is 23.8. The maximum absolute atomic E-state index is 13.3. The van der Waals surface area contributed by atoms with E-state index in [-0.39, 0.29) is 22.7 Å². The average Bonchev–Trinajstić information content (AvgIpc) is 3.47. The number of carbonyl (C=O) groups excluding carboxylic acids is 2.